The first-order chi connectivity index (χ1) is 13.5. The molecule has 0 spiro atoms. The molecule has 8 heteroatoms. The Balaban J connectivity index is 1.82. The topological polar surface area (TPSA) is 123 Å². The van der Waals surface area contributed by atoms with E-state index in [-0.39, 0.29) is 11.4 Å². The number of carbonyl (C=O) groups excluding carboxylic acids is 1. The molecule has 136 valence electrons. The van der Waals surface area contributed by atoms with Crippen molar-refractivity contribution < 1.29 is 4.79 Å². The predicted molar refractivity (Wildman–Crippen MR) is 102 cm³/mol. The minimum absolute atomic E-state index is 0.195. The van der Waals surface area contributed by atoms with E-state index in [1.165, 1.54) is 0 Å². The molecular formula is C20H15N7O. The molecule has 4 aromatic rings. The van der Waals surface area contributed by atoms with E-state index in [1.54, 1.807) is 29.2 Å². The van der Waals surface area contributed by atoms with Crippen LogP contribution in [-0.4, -0.2) is 30.9 Å². The van der Waals surface area contributed by atoms with Crippen LogP contribution in [0.5, 0.6) is 0 Å². The van der Waals surface area contributed by atoms with Crippen LogP contribution in [-0.2, 0) is 13.5 Å². The lowest BCUT2D eigenvalue weighted by Gasteiger charge is -2.09. The Labute approximate surface area is 160 Å². The van der Waals surface area contributed by atoms with E-state index in [0.717, 1.165) is 27.6 Å². The number of nitrogens with two attached hydrogens (primary N) is 1. The van der Waals surface area contributed by atoms with Crippen molar-refractivity contribution in [3.8, 4) is 17.2 Å². The van der Waals surface area contributed by atoms with Crippen LogP contribution in [0.2, 0.25) is 0 Å². The molecule has 0 bridgehead atoms. The highest BCUT2D eigenvalue weighted by molar-refractivity contribution is 6.00. The molecule has 4 rings (SSSR count). The van der Waals surface area contributed by atoms with Crippen molar-refractivity contribution in [3.05, 3.63) is 71.4 Å². The third-order valence-corrected chi connectivity index (χ3v) is 4.38. The summed E-state index contributed by atoms with van der Waals surface area (Å²) in [6, 6.07) is 11.2. The van der Waals surface area contributed by atoms with Crippen molar-refractivity contribution in [1.82, 2.24) is 25.0 Å². The van der Waals surface area contributed by atoms with Gasteiger partial charge in [0.15, 0.2) is 5.69 Å². The summed E-state index contributed by atoms with van der Waals surface area (Å²) in [6.07, 6.45) is 5.79. The fraction of sp³-hybridized carbons (Fsp3) is 0.100. The highest BCUT2D eigenvalue weighted by Gasteiger charge is 2.13. The van der Waals surface area contributed by atoms with Crippen molar-refractivity contribution in [3.63, 3.8) is 0 Å². The van der Waals surface area contributed by atoms with Crippen LogP contribution >= 0.6 is 0 Å². The summed E-state index contributed by atoms with van der Waals surface area (Å²) in [4.78, 5) is 16.2. The molecular weight excluding hydrogens is 354 g/mol. The van der Waals surface area contributed by atoms with Crippen molar-refractivity contribution >= 4 is 16.8 Å². The Morgan fingerprint density at radius 3 is 2.79 bits per heavy atom. The van der Waals surface area contributed by atoms with Gasteiger partial charge in [-0.15, -0.1) is 5.10 Å². The van der Waals surface area contributed by atoms with Crippen LogP contribution in [0.3, 0.4) is 0 Å². The summed E-state index contributed by atoms with van der Waals surface area (Å²) >= 11 is 0. The van der Waals surface area contributed by atoms with Crippen molar-refractivity contribution in [1.29, 1.82) is 5.26 Å². The highest BCUT2D eigenvalue weighted by Crippen LogP contribution is 2.29. The summed E-state index contributed by atoms with van der Waals surface area (Å²) < 4.78 is 1.70. The van der Waals surface area contributed by atoms with Crippen molar-refractivity contribution in [2.75, 3.05) is 0 Å². The van der Waals surface area contributed by atoms with Crippen LogP contribution in [0.1, 0.15) is 27.3 Å². The lowest BCUT2D eigenvalue weighted by atomic mass is 9.99. The van der Waals surface area contributed by atoms with Crippen LogP contribution in [0.25, 0.3) is 22.0 Å². The molecule has 2 N–H and O–H groups in total. The molecule has 1 aromatic carbocycles. The molecule has 0 aliphatic heterocycles. The summed E-state index contributed by atoms with van der Waals surface area (Å²) in [5.74, 6) is -0.588. The van der Waals surface area contributed by atoms with Gasteiger partial charge in [0.1, 0.15) is 11.8 Å². The minimum atomic E-state index is -0.588. The zero-order valence-electron chi connectivity index (χ0n) is 15.0. The van der Waals surface area contributed by atoms with Crippen LogP contribution < -0.4 is 5.73 Å². The zero-order chi connectivity index (χ0) is 19.7. The Hall–Kier alpha value is -4.12. The Bertz CT molecular complexity index is 1250. The molecule has 0 aliphatic rings. The van der Waals surface area contributed by atoms with Crippen LogP contribution in [0.15, 0.2) is 48.9 Å². The lowest BCUT2D eigenvalue weighted by molar-refractivity contribution is 0.0996. The molecule has 0 saturated carbocycles. The molecule has 3 aromatic heterocycles. The normalized spacial score (nSPS) is 10.7. The monoisotopic (exact) mass is 369 g/mol. The fourth-order valence-corrected chi connectivity index (χ4v) is 3.10. The Morgan fingerprint density at radius 1 is 1.21 bits per heavy atom. The van der Waals surface area contributed by atoms with E-state index in [4.69, 9.17) is 11.0 Å². The predicted octanol–water partition coefficient (Wildman–Crippen LogP) is 1.99. The van der Waals surface area contributed by atoms with Gasteiger partial charge in [0.05, 0.1) is 17.9 Å². The minimum Gasteiger partial charge on any atom is -0.364 e. The molecule has 0 radical (unpaired) electrons. The first-order valence-corrected chi connectivity index (χ1v) is 8.47. The number of hydrogen-bond donors (Lipinski definition) is 1. The number of benzene rings is 1. The summed E-state index contributed by atoms with van der Waals surface area (Å²) in [6.45, 7) is 0. The van der Waals surface area contributed by atoms with E-state index in [0.29, 0.717) is 11.9 Å². The first-order valence-electron chi connectivity index (χ1n) is 8.47. The molecule has 1 amide bonds. The van der Waals surface area contributed by atoms with Gasteiger partial charge in [-0.05, 0) is 41.3 Å². The molecule has 0 aliphatic carbocycles. The number of primary amides is 1. The number of pyridine rings is 1. The van der Waals surface area contributed by atoms with Crippen molar-refractivity contribution in [2.45, 2.75) is 6.42 Å². The van der Waals surface area contributed by atoms with Gasteiger partial charge in [0.2, 0.25) is 0 Å². The van der Waals surface area contributed by atoms with Gasteiger partial charge in [0, 0.05) is 24.2 Å². The molecule has 0 fully saturated rings. The smallest absolute Gasteiger partial charge is 0.267 e. The number of nitrogens with zero attached hydrogens (tertiary/aromatic N) is 6. The van der Waals surface area contributed by atoms with Crippen molar-refractivity contribution in [2.24, 2.45) is 12.8 Å². The zero-order valence-corrected chi connectivity index (χ0v) is 15.0. The largest absolute Gasteiger partial charge is 0.364 e. The number of hydrogen-bond acceptors (Lipinski definition) is 6. The maximum atomic E-state index is 11.8. The number of aryl methyl sites for hydroxylation is 1. The van der Waals surface area contributed by atoms with E-state index in [9.17, 15) is 4.79 Å². The third kappa shape index (κ3) is 3.29. The van der Waals surface area contributed by atoms with Crippen LogP contribution in [0, 0.1) is 11.3 Å². The third-order valence-electron chi connectivity index (χ3n) is 4.38. The van der Waals surface area contributed by atoms with Gasteiger partial charge in [-0.2, -0.15) is 15.5 Å². The average Bonchev–Trinajstić information content (AvgIpc) is 3.13. The van der Waals surface area contributed by atoms with Gasteiger partial charge in [-0.3, -0.25) is 9.48 Å². The first kappa shape index (κ1) is 17.3. The van der Waals surface area contributed by atoms with E-state index >= 15 is 0 Å². The van der Waals surface area contributed by atoms with Gasteiger partial charge >= 0.3 is 0 Å². The number of fused-ring (bicyclic) bond motifs is 1. The second-order valence-corrected chi connectivity index (χ2v) is 6.41. The SMILES string of the molecule is Cn1cc(-c2cc(C(N)=O)nc3cc(Cc4cnnc(C#N)c4)ccc23)cn1. The maximum absolute atomic E-state index is 11.8. The standard InChI is InChI=1S/C20H15N7O/c1-27-11-14(10-24-27)17-7-19(20(22)28)25-18-6-12(2-3-16(17)18)4-13-5-15(8-21)26-23-9-13/h2-3,5-7,9-11H,4H2,1H3,(H2,22,28). The lowest BCUT2D eigenvalue weighted by Crippen LogP contribution is -2.13. The highest BCUT2D eigenvalue weighted by atomic mass is 16.1. The number of aromatic nitrogens is 5. The van der Waals surface area contributed by atoms with Gasteiger partial charge < -0.3 is 5.73 Å². The molecule has 3 heterocycles. The molecule has 0 unspecified atom stereocenters. The second kappa shape index (κ2) is 6.89. The van der Waals surface area contributed by atoms with Gasteiger partial charge in [0.25, 0.3) is 5.91 Å². The van der Waals surface area contributed by atoms with E-state index < -0.39 is 5.91 Å². The van der Waals surface area contributed by atoms with E-state index in [2.05, 4.69) is 20.3 Å². The molecule has 8 nitrogen and oxygen atoms in total. The second-order valence-electron chi connectivity index (χ2n) is 6.41. The quantitative estimate of drug-likeness (QED) is 0.587. The Morgan fingerprint density at radius 2 is 2.07 bits per heavy atom. The fourth-order valence-electron chi connectivity index (χ4n) is 3.10. The number of rotatable bonds is 4. The average molecular weight is 369 g/mol. The number of amides is 1. The summed E-state index contributed by atoms with van der Waals surface area (Å²) in [5.41, 5.74) is 10.2. The maximum Gasteiger partial charge on any atom is 0.267 e. The number of carbonyl (C=O) groups is 1. The van der Waals surface area contributed by atoms with Gasteiger partial charge in [-0.25, -0.2) is 4.98 Å². The molecule has 28 heavy (non-hydrogen) atoms. The van der Waals surface area contributed by atoms with E-state index in [1.807, 2.05) is 37.5 Å². The summed E-state index contributed by atoms with van der Waals surface area (Å²) in [5, 5.41) is 21.7. The van der Waals surface area contributed by atoms with Gasteiger partial charge in [-0.1, -0.05) is 12.1 Å². The van der Waals surface area contributed by atoms with Crippen LogP contribution in [0.4, 0.5) is 0 Å². The number of nitriles is 1. The Kier molecular flexibility index (Phi) is 4.26. The molecule has 0 saturated heterocycles. The molecule has 0 atom stereocenters. The summed E-state index contributed by atoms with van der Waals surface area (Å²) in [7, 11) is 1.83.